The van der Waals surface area contributed by atoms with Gasteiger partial charge in [-0.2, -0.15) is 5.10 Å². The molecule has 4 aromatic rings. The molecule has 0 radical (unpaired) electrons. The normalized spacial score (nSPS) is 11.0. The lowest BCUT2D eigenvalue weighted by Gasteiger charge is -2.11. The lowest BCUT2D eigenvalue weighted by molar-refractivity contribution is -0.118. The third kappa shape index (κ3) is 6.28. The molecule has 0 aliphatic carbocycles. The van der Waals surface area contributed by atoms with Crippen molar-refractivity contribution in [3.8, 4) is 34.3 Å². The monoisotopic (exact) mass is 517 g/mol. The summed E-state index contributed by atoms with van der Waals surface area (Å²) in [6, 6.07) is 20.6. The number of hydrazone groups is 1. The molecule has 0 aliphatic rings. The Morgan fingerprint density at radius 2 is 1.86 bits per heavy atom. The largest absolute Gasteiger partial charge is 0.504 e. The fourth-order valence-electron chi connectivity index (χ4n) is 3.47. The number of rotatable bonds is 10. The molecule has 0 fully saturated rings. The molecule has 4 rings (SSSR count). The lowest BCUT2D eigenvalue weighted by Crippen LogP contribution is -2.20. The number of carbonyl (C=O) groups excluding carboxylic acids is 1. The Labute approximate surface area is 219 Å². The van der Waals surface area contributed by atoms with E-state index in [0.29, 0.717) is 28.9 Å². The van der Waals surface area contributed by atoms with Gasteiger partial charge in [-0.05, 0) is 62.4 Å². The van der Waals surface area contributed by atoms with Crippen molar-refractivity contribution in [1.29, 1.82) is 0 Å². The average molecular weight is 518 g/mol. The number of methoxy groups -OCH3 is 1. The first-order valence-corrected chi connectivity index (χ1v) is 12.5. The number of thioether (sulfide) groups is 1. The maximum atomic E-state index is 12.5. The van der Waals surface area contributed by atoms with Crippen LogP contribution in [0, 0.1) is 6.92 Å². The quantitative estimate of drug-likeness (QED) is 0.180. The molecule has 37 heavy (non-hydrogen) atoms. The Bertz CT molecular complexity index is 1390. The van der Waals surface area contributed by atoms with Crippen molar-refractivity contribution in [3.63, 3.8) is 0 Å². The van der Waals surface area contributed by atoms with Gasteiger partial charge >= 0.3 is 0 Å². The summed E-state index contributed by atoms with van der Waals surface area (Å²) in [4.78, 5) is 12.5. The van der Waals surface area contributed by atoms with Gasteiger partial charge in [0.05, 0.1) is 25.7 Å². The topological polar surface area (TPSA) is 111 Å². The van der Waals surface area contributed by atoms with Crippen LogP contribution in [0.2, 0.25) is 0 Å². The van der Waals surface area contributed by atoms with Crippen LogP contribution in [0.4, 0.5) is 0 Å². The van der Waals surface area contributed by atoms with Crippen LogP contribution < -0.4 is 14.9 Å². The number of aryl methyl sites for hydroxylation is 1. The van der Waals surface area contributed by atoms with Crippen molar-refractivity contribution < 1.29 is 19.4 Å². The predicted octanol–water partition coefficient (Wildman–Crippen LogP) is 4.60. The molecule has 0 spiro atoms. The second kappa shape index (κ2) is 12.1. The molecule has 0 saturated carbocycles. The molecule has 1 amide bonds. The number of carbonyl (C=O) groups is 1. The zero-order chi connectivity index (χ0) is 26.2. The number of hydrogen-bond acceptors (Lipinski definition) is 8. The van der Waals surface area contributed by atoms with E-state index < -0.39 is 0 Å². The third-order valence-electron chi connectivity index (χ3n) is 5.33. The van der Waals surface area contributed by atoms with Gasteiger partial charge in [0.1, 0.15) is 5.75 Å². The van der Waals surface area contributed by atoms with Crippen LogP contribution in [0.1, 0.15) is 18.1 Å². The minimum Gasteiger partial charge on any atom is -0.504 e. The van der Waals surface area contributed by atoms with E-state index in [1.165, 1.54) is 18.0 Å². The summed E-state index contributed by atoms with van der Waals surface area (Å²) in [5.41, 5.74) is 5.79. The number of para-hydroxylation sites is 1. The SMILES string of the molecule is CCOc1cccc(/C=N\NC(=O)CSc2nnc(-c3ccc(OC)cc3)n2-c2ccc(C)cc2)c1O. The number of phenols is 1. The minimum absolute atomic E-state index is 0.0333. The zero-order valence-electron chi connectivity index (χ0n) is 20.7. The summed E-state index contributed by atoms with van der Waals surface area (Å²) in [5.74, 6) is 1.46. The smallest absolute Gasteiger partial charge is 0.250 e. The van der Waals surface area contributed by atoms with Crippen LogP contribution in [0.15, 0.2) is 77.0 Å². The molecule has 0 aliphatic heterocycles. The van der Waals surface area contributed by atoms with E-state index in [0.717, 1.165) is 22.6 Å². The van der Waals surface area contributed by atoms with Gasteiger partial charge in [0.2, 0.25) is 0 Å². The zero-order valence-corrected chi connectivity index (χ0v) is 21.5. The second-order valence-corrected chi connectivity index (χ2v) is 8.86. The van der Waals surface area contributed by atoms with E-state index in [1.807, 2.05) is 66.9 Å². The molecule has 0 bridgehead atoms. The Morgan fingerprint density at radius 1 is 1.11 bits per heavy atom. The number of aromatic nitrogens is 3. The van der Waals surface area contributed by atoms with Crippen molar-refractivity contribution >= 4 is 23.9 Å². The number of aromatic hydroxyl groups is 1. The summed E-state index contributed by atoms with van der Waals surface area (Å²) < 4.78 is 12.5. The minimum atomic E-state index is -0.328. The van der Waals surface area contributed by atoms with E-state index in [2.05, 4.69) is 20.7 Å². The van der Waals surface area contributed by atoms with E-state index in [-0.39, 0.29) is 17.4 Å². The number of benzene rings is 3. The molecule has 10 heteroatoms. The molecule has 0 unspecified atom stereocenters. The first kappa shape index (κ1) is 25.8. The Kier molecular flexibility index (Phi) is 8.42. The standard InChI is InChI=1S/C27H27N5O4S/c1-4-36-23-7-5-6-20(25(23)34)16-28-29-24(33)17-37-27-31-30-26(19-10-14-22(35-3)15-11-19)32(27)21-12-8-18(2)9-13-21/h5-16,34H,4,17H2,1-3H3,(H,29,33)/b28-16-. The van der Waals surface area contributed by atoms with E-state index in [9.17, 15) is 9.90 Å². The van der Waals surface area contributed by atoms with Gasteiger partial charge in [-0.25, -0.2) is 5.43 Å². The highest BCUT2D eigenvalue weighted by molar-refractivity contribution is 7.99. The van der Waals surface area contributed by atoms with E-state index in [4.69, 9.17) is 9.47 Å². The van der Waals surface area contributed by atoms with Crippen LogP contribution in [0.5, 0.6) is 17.2 Å². The molecular weight excluding hydrogens is 490 g/mol. The number of amides is 1. The highest BCUT2D eigenvalue weighted by Crippen LogP contribution is 2.30. The maximum absolute atomic E-state index is 12.5. The first-order valence-electron chi connectivity index (χ1n) is 11.6. The van der Waals surface area contributed by atoms with Crippen LogP contribution in [0.3, 0.4) is 0 Å². The molecule has 1 heterocycles. The summed E-state index contributed by atoms with van der Waals surface area (Å²) in [6.45, 7) is 4.28. The van der Waals surface area contributed by atoms with Gasteiger partial charge in [0.15, 0.2) is 22.5 Å². The van der Waals surface area contributed by atoms with Gasteiger partial charge in [0.25, 0.3) is 5.91 Å². The molecule has 190 valence electrons. The van der Waals surface area contributed by atoms with E-state index >= 15 is 0 Å². The van der Waals surface area contributed by atoms with Crippen molar-refractivity contribution in [3.05, 3.63) is 77.9 Å². The number of hydrogen-bond donors (Lipinski definition) is 2. The Balaban J connectivity index is 1.49. The number of nitrogens with one attached hydrogen (secondary N) is 1. The Hall–Kier alpha value is -4.31. The summed E-state index contributed by atoms with van der Waals surface area (Å²) in [5, 5.41) is 23.5. The van der Waals surface area contributed by atoms with Gasteiger partial charge in [-0.3, -0.25) is 9.36 Å². The van der Waals surface area contributed by atoms with Crippen LogP contribution in [0.25, 0.3) is 17.1 Å². The third-order valence-corrected chi connectivity index (χ3v) is 6.26. The van der Waals surface area contributed by atoms with Gasteiger partial charge in [0, 0.05) is 16.8 Å². The number of ether oxygens (including phenoxy) is 2. The van der Waals surface area contributed by atoms with E-state index in [1.54, 1.807) is 25.3 Å². The number of phenolic OH excluding ortho intramolecular Hbond substituents is 1. The maximum Gasteiger partial charge on any atom is 0.250 e. The fraction of sp³-hybridized carbons (Fsp3) is 0.185. The van der Waals surface area contributed by atoms with Gasteiger partial charge in [-0.1, -0.05) is 35.5 Å². The van der Waals surface area contributed by atoms with Crippen molar-refractivity contribution in [2.24, 2.45) is 5.10 Å². The van der Waals surface area contributed by atoms with Crippen LogP contribution in [-0.2, 0) is 4.79 Å². The molecule has 2 N–H and O–H groups in total. The predicted molar refractivity (Wildman–Crippen MR) is 144 cm³/mol. The average Bonchev–Trinajstić information content (AvgIpc) is 3.34. The van der Waals surface area contributed by atoms with Crippen molar-refractivity contribution in [2.45, 2.75) is 19.0 Å². The molecule has 0 saturated heterocycles. The molecule has 1 aromatic heterocycles. The lowest BCUT2D eigenvalue weighted by atomic mass is 10.2. The summed E-state index contributed by atoms with van der Waals surface area (Å²) in [6.07, 6.45) is 1.37. The van der Waals surface area contributed by atoms with Crippen molar-refractivity contribution in [1.82, 2.24) is 20.2 Å². The summed E-state index contributed by atoms with van der Waals surface area (Å²) >= 11 is 1.25. The molecular formula is C27H27N5O4S. The van der Waals surface area contributed by atoms with Gasteiger partial charge in [-0.15, -0.1) is 10.2 Å². The van der Waals surface area contributed by atoms with Crippen LogP contribution >= 0.6 is 11.8 Å². The number of nitrogens with zero attached hydrogens (tertiary/aromatic N) is 4. The molecule has 9 nitrogen and oxygen atoms in total. The first-order chi connectivity index (χ1) is 18.0. The fourth-order valence-corrected chi connectivity index (χ4v) is 4.21. The Morgan fingerprint density at radius 3 is 2.57 bits per heavy atom. The van der Waals surface area contributed by atoms with Gasteiger partial charge < -0.3 is 14.6 Å². The molecule has 0 atom stereocenters. The summed E-state index contributed by atoms with van der Waals surface area (Å²) in [7, 11) is 1.62. The molecule has 3 aromatic carbocycles. The second-order valence-electron chi connectivity index (χ2n) is 7.91. The highest BCUT2D eigenvalue weighted by Gasteiger charge is 2.17. The van der Waals surface area contributed by atoms with Crippen molar-refractivity contribution in [2.75, 3.05) is 19.5 Å². The highest BCUT2D eigenvalue weighted by atomic mass is 32.2. The van der Waals surface area contributed by atoms with Crippen LogP contribution in [-0.4, -0.2) is 51.5 Å².